The van der Waals surface area contributed by atoms with E-state index in [-0.39, 0.29) is 11.8 Å². The van der Waals surface area contributed by atoms with Crippen molar-refractivity contribution < 1.29 is 9.90 Å². The Balaban J connectivity index is 3.80. The van der Waals surface area contributed by atoms with Gasteiger partial charge in [-0.15, -0.1) is 0 Å². The smallest absolute Gasteiger partial charge is 0.303 e. The van der Waals surface area contributed by atoms with Gasteiger partial charge in [-0.05, 0) is 18.4 Å². The third-order valence-corrected chi connectivity index (χ3v) is 2.70. The van der Waals surface area contributed by atoms with Crippen LogP contribution in [0, 0.1) is 5.41 Å². The molecule has 0 aromatic carbocycles. The monoisotopic (exact) mass is 201 g/mol. The number of unbranched alkanes of at least 4 members (excludes halogenated alkanes) is 3. The van der Waals surface area contributed by atoms with Gasteiger partial charge in [0, 0.05) is 0 Å². The Bertz CT molecular complexity index is 171. The van der Waals surface area contributed by atoms with E-state index >= 15 is 0 Å². The topological polar surface area (TPSA) is 63.3 Å². The fourth-order valence-corrected chi connectivity index (χ4v) is 1.61. The highest BCUT2D eigenvalue weighted by Gasteiger charge is 2.25. The number of aliphatic carboxylic acids is 1. The van der Waals surface area contributed by atoms with Crippen LogP contribution in [0.4, 0.5) is 0 Å². The van der Waals surface area contributed by atoms with Crippen LogP contribution in [0.15, 0.2) is 0 Å². The number of hydrogen-bond acceptors (Lipinski definition) is 2. The van der Waals surface area contributed by atoms with Gasteiger partial charge in [0.25, 0.3) is 0 Å². The van der Waals surface area contributed by atoms with Crippen molar-refractivity contribution in [2.24, 2.45) is 11.1 Å². The number of carboxylic acid groups (broad SMARTS) is 1. The molecule has 3 nitrogen and oxygen atoms in total. The van der Waals surface area contributed by atoms with Crippen LogP contribution in [-0.2, 0) is 4.79 Å². The molecule has 0 aliphatic carbocycles. The average Bonchev–Trinajstić information content (AvgIpc) is 2.11. The molecule has 0 amide bonds. The highest BCUT2D eigenvalue weighted by Crippen LogP contribution is 2.27. The third kappa shape index (κ3) is 5.97. The van der Waals surface area contributed by atoms with Crippen molar-refractivity contribution in [1.82, 2.24) is 0 Å². The summed E-state index contributed by atoms with van der Waals surface area (Å²) in [6, 6.07) is 0. The quantitative estimate of drug-likeness (QED) is 0.593. The summed E-state index contributed by atoms with van der Waals surface area (Å²) in [5.41, 5.74) is 5.40. The van der Waals surface area contributed by atoms with Gasteiger partial charge in [-0.25, -0.2) is 0 Å². The molecule has 0 saturated carbocycles. The molecule has 3 heteroatoms. The molecule has 84 valence electrons. The Labute approximate surface area is 86.7 Å². The summed E-state index contributed by atoms with van der Waals surface area (Å²) in [5.74, 6) is -0.742. The van der Waals surface area contributed by atoms with Crippen LogP contribution in [0.5, 0.6) is 0 Å². The molecule has 3 N–H and O–H groups in total. The van der Waals surface area contributed by atoms with E-state index in [0.29, 0.717) is 6.54 Å². The van der Waals surface area contributed by atoms with E-state index in [9.17, 15) is 4.79 Å². The summed E-state index contributed by atoms with van der Waals surface area (Å²) in [4.78, 5) is 10.6. The zero-order chi connectivity index (χ0) is 11.0. The number of nitrogens with two attached hydrogens (primary N) is 1. The van der Waals surface area contributed by atoms with Gasteiger partial charge in [-0.1, -0.05) is 39.5 Å². The van der Waals surface area contributed by atoms with Gasteiger partial charge in [-0.2, -0.15) is 0 Å². The zero-order valence-corrected chi connectivity index (χ0v) is 9.38. The minimum absolute atomic E-state index is 0.190. The van der Waals surface area contributed by atoms with E-state index in [4.69, 9.17) is 10.8 Å². The SMILES string of the molecule is CCCCCCC(C)(CN)CC(=O)O. The maximum absolute atomic E-state index is 10.6. The second-order valence-corrected chi connectivity index (χ2v) is 4.40. The predicted octanol–water partition coefficient (Wildman–Crippen LogP) is 2.40. The first-order chi connectivity index (χ1) is 6.54. The molecule has 0 rings (SSSR count). The van der Waals surface area contributed by atoms with Crippen molar-refractivity contribution in [1.29, 1.82) is 0 Å². The lowest BCUT2D eigenvalue weighted by molar-refractivity contribution is -0.139. The molecule has 0 aliphatic rings. The number of carboxylic acids is 1. The molecular formula is C11H23NO2. The molecule has 1 atom stereocenters. The van der Waals surface area contributed by atoms with E-state index in [1.165, 1.54) is 19.3 Å². The van der Waals surface area contributed by atoms with Gasteiger partial charge in [0.1, 0.15) is 0 Å². The molecule has 0 bridgehead atoms. The lowest BCUT2D eigenvalue weighted by atomic mass is 9.81. The Morgan fingerprint density at radius 2 is 2.00 bits per heavy atom. The van der Waals surface area contributed by atoms with Crippen molar-refractivity contribution in [3.05, 3.63) is 0 Å². The van der Waals surface area contributed by atoms with Gasteiger partial charge < -0.3 is 10.8 Å². The highest BCUT2D eigenvalue weighted by atomic mass is 16.4. The molecule has 0 heterocycles. The zero-order valence-electron chi connectivity index (χ0n) is 9.38. The van der Waals surface area contributed by atoms with Crippen LogP contribution < -0.4 is 5.73 Å². The van der Waals surface area contributed by atoms with Crippen LogP contribution >= 0.6 is 0 Å². The Morgan fingerprint density at radius 3 is 2.43 bits per heavy atom. The summed E-state index contributed by atoms with van der Waals surface area (Å²) >= 11 is 0. The summed E-state index contributed by atoms with van der Waals surface area (Å²) in [6.45, 7) is 4.60. The maximum Gasteiger partial charge on any atom is 0.303 e. The second kappa shape index (κ2) is 6.82. The molecule has 1 unspecified atom stereocenters. The third-order valence-electron chi connectivity index (χ3n) is 2.70. The van der Waals surface area contributed by atoms with Gasteiger partial charge in [0.2, 0.25) is 0 Å². The van der Waals surface area contributed by atoms with Gasteiger partial charge in [0.15, 0.2) is 0 Å². The largest absolute Gasteiger partial charge is 0.481 e. The van der Waals surface area contributed by atoms with Gasteiger partial charge >= 0.3 is 5.97 Å². The predicted molar refractivity (Wildman–Crippen MR) is 58.2 cm³/mol. The normalized spacial score (nSPS) is 15.1. The molecule has 0 saturated heterocycles. The van der Waals surface area contributed by atoms with Crippen LogP contribution in [0.25, 0.3) is 0 Å². The molecular weight excluding hydrogens is 178 g/mol. The van der Waals surface area contributed by atoms with Crippen molar-refractivity contribution in [2.45, 2.75) is 52.4 Å². The Hall–Kier alpha value is -0.570. The first-order valence-electron chi connectivity index (χ1n) is 5.46. The fourth-order valence-electron chi connectivity index (χ4n) is 1.61. The van der Waals surface area contributed by atoms with Gasteiger partial charge in [-0.3, -0.25) is 4.79 Å². The molecule has 0 aliphatic heterocycles. The van der Waals surface area contributed by atoms with Crippen molar-refractivity contribution in [2.75, 3.05) is 6.54 Å². The summed E-state index contributed by atoms with van der Waals surface area (Å²) in [7, 11) is 0. The number of hydrogen-bond donors (Lipinski definition) is 2. The van der Waals surface area contributed by atoms with Crippen molar-refractivity contribution in [3.8, 4) is 0 Å². The molecule has 14 heavy (non-hydrogen) atoms. The summed E-state index contributed by atoms with van der Waals surface area (Å²) in [5, 5.41) is 8.73. The molecule has 0 fully saturated rings. The van der Waals surface area contributed by atoms with E-state index in [2.05, 4.69) is 6.92 Å². The molecule has 0 aromatic heterocycles. The van der Waals surface area contributed by atoms with Crippen molar-refractivity contribution >= 4 is 5.97 Å². The minimum atomic E-state index is -0.742. The van der Waals surface area contributed by atoms with Crippen LogP contribution in [0.2, 0.25) is 0 Å². The lowest BCUT2D eigenvalue weighted by Gasteiger charge is -2.25. The Morgan fingerprint density at radius 1 is 1.36 bits per heavy atom. The van der Waals surface area contributed by atoms with E-state index < -0.39 is 5.97 Å². The molecule has 0 spiro atoms. The van der Waals surface area contributed by atoms with Crippen LogP contribution in [-0.4, -0.2) is 17.6 Å². The minimum Gasteiger partial charge on any atom is -0.481 e. The van der Waals surface area contributed by atoms with E-state index in [1.54, 1.807) is 0 Å². The molecule has 0 radical (unpaired) electrons. The first-order valence-corrected chi connectivity index (χ1v) is 5.46. The van der Waals surface area contributed by atoms with E-state index in [1.807, 2.05) is 6.92 Å². The molecule has 0 aromatic rings. The first kappa shape index (κ1) is 13.4. The maximum atomic E-state index is 10.6. The van der Waals surface area contributed by atoms with Crippen molar-refractivity contribution in [3.63, 3.8) is 0 Å². The highest BCUT2D eigenvalue weighted by molar-refractivity contribution is 5.67. The second-order valence-electron chi connectivity index (χ2n) is 4.40. The lowest BCUT2D eigenvalue weighted by Crippen LogP contribution is -2.29. The number of rotatable bonds is 8. The summed E-state index contributed by atoms with van der Waals surface area (Å²) in [6.07, 6.45) is 5.83. The average molecular weight is 201 g/mol. The fraction of sp³-hybridized carbons (Fsp3) is 0.909. The van der Waals surface area contributed by atoms with Crippen LogP contribution in [0.1, 0.15) is 52.4 Å². The van der Waals surface area contributed by atoms with Gasteiger partial charge in [0.05, 0.1) is 6.42 Å². The van der Waals surface area contributed by atoms with Crippen LogP contribution in [0.3, 0.4) is 0 Å². The standard InChI is InChI=1S/C11H23NO2/c1-3-4-5-6-7-11(2,9-12)8-10(13)14/h3-9,12H2,1-2H3,(H,13,14). The Kier molecular flexibility index (Phi) is 6.54. The summed E-state index contributed by atoms with van der Waals surface area (Å²) < 4.78 is 0. The van der Waals surface area contributed by atoms with E-state index in [0.717, 1.165) is 12.8 Å². The number of carbonyl (C=O) groups is 1.